The van der Waals surface area contributed by atoms with Gasteiger partial charge in [-0.15, -0.1) is 0 Å². The van der Waals surface area contributed by atoms with Crippen LogP contribution in [-0.4, -0.2) is 61.6 Å². The van der Waals surface area contributed by atoms with E-state index in [4.69, 9.17) is 4.74 Å². The lowest BCUT2D eigenvalue weighted by atomic mass is 10.1. The summed E-state index contributed by atoms with van der Waals surface area (Å²) in [5.74, 6) is 0. The van der Waals surface area contributed by atoms with E-state index in [1.54, 1.807) is 0 Å². The largest absolute Gasteiger partial charge is 0.378 e. The van der Waals surface area contributed by atoms with Crippen LogP contribution >= 0.6 is 0 Å². The first kappa shape index (κ1) is 13.5. The summed E-state index contributed by atoms with van der Waals surface area (Å²) in [5.41, 5.74) is 2.14. The molecule has 0 aliphatic carbocycles. The van der Waals surface area contributed by atoms with Gasteiger partial charge in [-0.1, -0.05) is 12.1 Å². The molecular weight excluding hydrogens is 254 g/mol. The molecule has 2 saturated heterocycles. The summed E-state index contributed by atoms with van der Waals surface area (Å²) in [4.78, 5) is 15.4. The smallest absolute Gasteiger partial charge is 0.211 e. The van der Waals surface area contributed by atoms with Crippen LogP contribution in [0.25, 0.3) is 0 Å². The second kappa shape index (κ2) is 6.35. The fraction of sp³-hybridized carbons (Fsp3) is 0.533. The molecule has 0 atom stereocenters. The summed E-state index contributed by atoms with van der Waals surface area (Å²) < 4.78 is 5.26. The predicted octanol–water partition coefficient (Wildman–Crippen LogP) is 0.771. The number of carbonyl (C=O) groups is 1. The molecule has 108 valence electrons. The van der Waals surface area contributed by atoms with Crippen LogP contribution < -0.4 is 5.32 Å². The van der Waals surface area contributed by atoms with Gasteiger partial charge in [0.15, 0.2) is 0 Å². The van der Waals surface area contributed by atoms with Gasteiger partial charge >= 0.3 is 0 Å². The maximum atomic E-state index is 10.4. The van der Waals surface area contributed by atoms with Crippen LogP contribution in [0.4, 0.5) is 5.69 Å². The SMILES string of the molecule is O=CNc1ccc(CN2CCN(C3COC3)CC2)cc1. The Morgan fingerprint density at radius 1 is 1.15 bits per heavy atom. The topological polar surface area (TPSA) is 44.8 Å². The van der Waals surface area contributed by atoms with Gasteiger partial charge < -0.3 is 10.1 Å². The summed E-state index contributed by atoms with van der Waals surface area (Å²) in [6.45, 7) is 7.31. The highest BCUT2D eigenvalue weighted by molar-refractivity contribution is 5.70. The molecule has 0 unspecified atom stereocenters. The highest BCUT2D eigenvalue weighted by atomic mass is 16.5. The summed E-state index contributed by atoms with van der Waals surface area (Å²) in [7, 11) is 0. The third kappa shape index (κ3) is 3.17. The number of rotatable bonds is 5. The number of nitrogens with zero attached hydrogens (tertiary/aromatic N) is 2. The molecule has 20 heavy (non-hydrogen) atoms. The number of amides is 1. The van der Waals surface area contributed by atoms with Crippen molar-refractivity contribution in [2.45, 2.75) is 12.6 Å². The maximum Gasteiger partial charge on any atom is 0.211 e. The summed E-state index contributed by atoms with van der Waals surface area (Å²) in [6, 6.07) is 8.72. The monoisotopic (exact) mass is 275 g/mol. The molecule has 5 nitrogen and oxygen atoms in total. The Hall–Kier alpha value is -1.43. The number of hydrogen-bond acceptors (Lipinski definition) is 4. The van der Waals surface area contributed by atoms with Gasteiger partial charge in [-0.05, 0) is 17.7 Å². The Kier molecular flexibility index (Phi) is 4.30. The van der Waals surface area contributed by atoms with Gasteiger partial charge in [0.1, 0.15) is 0 Å². The Bertz CT molecular complexity index is 437. The second-order valence-corrected chi connectivity index (χ2v) is 5.46. The molecule has 0 aromatic heterocycles. The highest BCUT2D eigenvalue weighted by Crippen LogP contribution is 2.16. The van der Waals surface area contributed by atoms with Crippen molar-refractivity contribution in [2.24, 2.45) is 0 Å². The zero-order valence-electron chi connectivity index (χ0n) is 11.6. The fourth-order valence-electron chi connectivity index (χ4n) is 2.75. The molecule has 0 spiro atoms. The first-order valence-electron chi connectivity index (χ1n) is 7.18. The normalized spacial score (nSPS) is 21.4. The van der Waals surface area contributed by atoms with E-state index in [-0.39, 0.29) is 0 Å². The molecule has 0 bridgehead atoms. The van der Waals surface area contributed by atoms with Gasteiger partial charge in [0.2, 0.25) is 6.41 Å². The molecule has 1 N–H and O–H groups in total. The Labute approximate surface area is 119 Å². The van der Waals surface area contributed by atoms with Crippen molar-refractivity contribution in [3.05, 3.63) is 29.8 Å². The molecule has 2 aliphatic heterocycles. The molecule has 1 aromatic carbocycles. The van der Waals surface area contributed by atoms with Crippen molar-refractivity contribution in [1.29, 1.82) is 0 Å². The lowest BCUT2D eigenvalue weighted by molar-refractivity contribution is -0.105. The summed E-state index contributed by atoms with van der Waals surface area (Å²) >= 11 is 0. The van der Waals surface area contributed by atoms with Crippen molar-refractivity contribution >= 4 is 12.1 Å². The third-order valence-corrected chi connectivity index (χ3v) is 4.13. The quantitative estimate of drug-likeness (QED) is 0.806. The van der Waals surface area contributed by atoms with E-state index in [0.29, 0.717) is 12.5 Å². The van der Waals surface area contributed by atoms with E-state index in [0.717, 1.165) is 51.6 Å². The molecule has 2 heterocycles. The van der Waals surface area contributed by atoms with E-state index >= 15 is 0 Å². The van der Waals surface area contributed by atoms with Crippen LogP contribution in [0.3, 0.4) is 0 Å². The van der Waals surface area contributed by atoms with Crippen LogP contribution in [0, 0.1) is 0 Å². The summed E-state index contributed by atoms with van der Waals surface area (Å²) in [6.07, 6.45) is 0.707. The van der Waals surface area contributed by atoms with E-state index in [9.17, 15) is 4.79 Å². The Balaban J connectivity index is 1.47. The third-order valence-electron chi connectivity index (χ3n) is 4.13. The van der Waals surface area contributed by atoms with Gasteiger partial charge in [0, 0.05) is 38.4 Å². The number of benzene rings is 1. The maximum absolute atomic E-state index is 10.4. The summed E-state index contributed by atoms with van der Waals surface area (Å²) in [5, 5.41) is 2.66. The average Bonchev–Trinajstić information content (AvgIpc) is 2.42. The van der Waals surface area contributed by atoms with E-state index in [1.165, 1.54) is 5.56 Å². The minimum Gasteiger partial charge on any atom is -0.378 e. The first-order valence-corrected chi connectivity index (χ1v) is 7.18. The average molecular weight is 275 g/mol. The van der Waals surface area contributed by atoms with Gasteiger partial charge in [0.05, 0.1) is 19.3 Å². The lowest BCUT2D eigenvalue weighted by Gasteiger charge is -2.42. The van der Waals surface area contributed by atoms with Crippen molar-refractivity contribution < 1.29 is 9.53 Å². The minimum absolute atomic E-state index is 0.658. The standard InChI is InChI=1S/C15H21N3O2/c19-12-16-14-3-1-13(2-4-14)9-17-5-7-18(8-6-17)15-10-20-11-15/h1-4,12,15H,5-11H2,(H,16,19). The minimum atomic E-state index is 0.658. The predicted molar refractivity (Wildman–Crippen MR) is 77.6 cm³/mol. The molecular formula is C15H21N3O2. The van der Waals surface area contributed by atoms with Crippen LogP contribution in [0.1, 0.15) is 5.56 Å². The van der Waals surface area contributed by atoms with Crippen molar-refractivity contribution in [2.75, 3.05) is 44.7 Å². The second-order valence-electron chi connectivity index (χ2n) is 5.46. The van der Waals surface area contributed by atoms with Crippen LogP contribution in [0.5, 0.6) is 0 Å². The van der Waals surface area contributed by atoms with Crippen LogP contribution in [0.15, 0.2) is 24.3 Å². The highest BCUT2D eigenvalue weighted by Gasteiger charge is 2.28. The number of piperazine rings is 1. The Morgan fingerprint density at radius 2 is 1.85 bits per heavy atom. The van der Waals surface area contributed by atoms with Crippen LogP contribution in [0.2, 0.25) is 0 Å². The zero-order chi connectivity index (χ0) is 13.8. The van der Waals surface area contributed by atoms with Crippen molar-refractivity contribution in [3.8, 4) is 0 Å². The fourth-order valence-corrected chi connectivity index (χ4v) is 2.75. The number of anilines is 1. The van der Waals surface area contributed by atoms with E-state index < -0.39 is 0 Å². The van der Waals surface area contributed by atoms with Gasteiger partial charge in [-0.3, -0.25) is 14.6 Å². The van der Waals surface area contributed by atoms with Crippen LogP contribution in [-0.2, 0) is 16.1 Å². The molecule has 1 aromatic rings. The lowest BCUT2D eigenvalue weighted by Crippen LogP contribution is -2.56. The molecule has 2 aliphatic rings. The number of hydrogen-bond donors (Lipinski definition) is 1. The molecule has 0 radical (unpaired) electrons. The molecule has 0 saturated carbocycles. The number of carbonyl (C=O) groups excluding carboxylic acids is 1. The van der Waals surface area contributed by atoms with Gasteiger partial charge in [-0.2, -0.15) is 0 Å². The van der Waals surface area contributed by atoms with E-state index in [1.807, 2.05) is 12.1 Å². The molecule has 1 amide bonds. The van der Waals surface area contributed by atoms with Gasteiger partial charge in [-0.25, -0.2) is 0 Å². The number of ether oxygens (including phenoxy) is 1. The molecule has 2 fully saturated rings. The van der Waals surface area contributed by atoms with Crippen molar-refractivity contribution in [1.82, 2.24) is 9.80 Å². The Morgan fingerprint density at radius 3 is 2.40 bits per heavy atom. The van der Waals surface area contributed by atoms with E-state index in [2.05, 4.69) is 27.2 Å². The molecule has 5 heteroatoms. The number of nitrogens with one attached hydrogen (secondary N) is 1. The molecule has 3 rings (SSSR count). The first-order chi connectivity index (χ1) is 9.85. The van der Waals surface area contributed by atoms with Crippen molar-refractivity contribution in [3.63, 3.8) is 0 Å². The zero-order valence-corrected chi connectivity index (χ0v) is 11.6. The van der Waals surface area contributed by atoms with Gasteiger partial charge in [0.25, 0.3) is 0 Å².